The first-order valence-corrected chi connectivity index (χ1v) is 3.23. The number of aliphatic imine (C=N–C) groups is 2. The molecule has 0 atom stereocenters. The number of rotatable bonds is 1. The van der Waals surface area contributed by atoms with Gasteiger partial charge in [-0.2, -0.15) is 0 Å². The molecule has 3 N–H and O–H groups in total. The van der Waals surface area contributed by atoms with E-state index in [-0.39, 0.29) is 0 Å². The van der Waals surface area contributed by atoms with Crippen LogP contribution in [0.3, 0.4) is 0 Å². The minimum absolute atomic E-state index is 0.341. The van der Waals surface area contributed by atoms with Crippen molar-refractivity contribution in [1.82, 2.24) is 5.32 Å². The average molecular weight is 154 g/mol. The van der Waals surface area contributed by atoms with Crippen LogP contribution < -0.4 is 11.1 Å². The topological polar surface area (TPSA) is 62.8 Å². The minimum Gasteiger partial charge on any atom is -0.370 e. The summed E-state index contributed by atoms with van der Waals surface area (Å²) >= 11 is 0. The van der Waals surface area contributed by atoms with Crippen molar-refractivity contribution in [1.29, 1.82) is 0 Å². The van der Waals surface area contributed by atoms with E-state index in [0.717, 1.165) is 5.57 Å². The van der Waals surface area contributed by atoms with Gasteiger partial charge in [0.15, 0.2) is 5.96 Å². The molecule has 0 heterocycles. The van der Waals surface area contributed by atoms with Gasteiger partial charge >= 0.3 is 0 Å². The molecule has 0 saturated carbocycles. The van der Waals surface area contributed by atoms with Crippen molar-refractivity contribution in [2.45, 2.75) is 6.92 Å². The van der Waals surface area contributed by atoms with Crippen molar-refractivity contribution in [3.63, 3.8) is 0 Å². The van der Waals surface area contributed by atoms with E-state index in [9.17, 15) is 0 Å². The molecular formula is C7H14N4. The van der Waals surface area contributed by atoms with E-state index in [0.29, 0.717) is 11.8 Å². The van der Waals surface area contributed by atoms with Crippen LogP contribution in [0.5, 0.6) is 0 Å². The lowest BCUT2D eigenvalue weighted by Crippen LogP contribution is -2.37. The lowest BCUT2D eigenvalue weighted by molar-refractivity contribution is 1.21. The summed E-state index contributed by atoms with van der Waals surface area (Å²) in [5.74, 6) is 1.00. The van der Waals surface area contributed by atoms with Crippen molar-refractivity contribution in [3.05, 3.63) is 12.2 Å². The number of nitrogens with one attached hydrogen (secondary N) is 1. The number of amidine groups is 1. The number of nitrogens with zero attached hydrogens (tertiary/aromatic N) is 2. The van der Waals surface area contributed by atoms with Crippen molar-refractivity contribution in [2.75, 3.05) is 14.1 Å². The second-order valence-electron chi connectivity index (χ2n) is 2.09. The van der Waals surface area contributed by atoms with Crippen LogP contribution in [0.15, 0.2) is 22.1 Å². The monoisotopic (exact) mass is 154 g/mol. The Hall–Kier alpha value is -1.32. The van der Waals surface area contributed by atoms with Crippen molar-refractivity contribution >= 4 is 11.8 Å². The van der Waals surface area contributed by atoms with Crippen LogP contribution in [0.1, 0.15) is 6.92 Å². The van der Waals surface area contributed by atoms with Crippen LogP contribution in [0.4, 0.5) is 0 Å². The molecule has 0 bridgehead atoms. The second kappa shape index (κ2) is 4.49. The molecule has 0 aliphatic heterocycles. The zero-order chi connectivity index (χ0) is 8.85. The van der Waals surface area contributed by atoms with Crippen LogP contribution in [-0.4, -0.2) is 25.9 Å². The first-order valence-electron chi connectivity index (χ1n) is 3.23. The van der Waals surface area contributed by atoms with Gasteiger partial charge in [0.2, 0.25) is 0 Å². The van der Waals surface area contributed by atoms with Gasteiger partial charge in [0.05, 0.1) is 0 Å². The van der Waals surface area contributed by atoms with Crippen molar-refractivity contribution in [3.8, 4) is 0 Å². The van der Waals surface area contributed by atoms with E-state index in [2.05, 4.69) is 21.9 Å². The van der Waals surface area contributed by atoms with Crippen LogP contribution in [0, 0.1) is 0 Å². The van der Waals surface area contributed by atoms with Gasteiger partial charge in [0.25, 0.3) is 0 Å². The van der Waals surface area contributed by atoms with Gasteiger partial charge in [-0.05, 0) is 12.5 Å². The highest BCUT2D eigenvalue weighted by molar-refractivity contribution is 6.07. The zero-order valence-corrected chi connectivity index (χ0v) is 7.18. The Morgan fingerprint density at radius 1 is 1.36 bits per heavy atom. The average Bonchev–Trinajstić information content (AvgIpc) is 1.99. The lowest BCUT2D eigenvalue weighted by atomic mass is 10.3. The second-order valence-corrected chi connectivity index (χ2v) is 2.09. The summed E-state index contributed by atoms with van der Waals surface area (Å²) in [6.07, 6.45) is 0. The quantitative estimate of drug-likeness (QED) is 0.416. The summed E-state index contributed by atoms with van der Waals surface area (Å²) in [7, 11) is 3.27. The molecule has 0 spiro atoms. The maximum Gasteiger partial charge on any atom is 0.194 e. The molecule has 0 rings (SSSR count). The number of hydrogen-bond donors (Lipinski definition) is 2. The highest BCUT2D eigenvalue weighted by Gasteiger charge is 1.98. The summed E-state index contributed by atoms with van der Waals surface area (Å²) in [6, 6.07) is 0. The fourth-order valence-electron chi connectivity index (χ4n) is 0.531. The zero-order valence-electron chi connectivity index (χ0n) is 7.18. The molecule has 62 valence electrons. The van der Waals surface area contributed by atoms with Crippen LogP contribution in [0.2, 0.25) is 0 Å². The summed E-state index contributed by atoms with van der Waals surface area (Å²) in [4.78, 5) is 7.64. The standard InChI is InChI=1S/C7H14N4/c1-5(2)6(9-3)11-7(8)10-4/h1H2,2-4H3,(H3,8,9,10,11). The highest BCUT2D eigenvalue weighted by Crippen LogP contribution is 1.87. The normalized spacial score (nSPS) is 13.0. The fourth-order valence-corrected chi connectivity index (χ4v) is 0.531. The molecular weight excluding hydrogens is 140 g/mol. The Bertz CT molecular complexity index is 202. The molecule has 0 unspecified atom stereocenters. The summed E-state index contributed by atoms with van der Waals surface area (Å²) < 4.78 is 0. The van der Waals surface area contributed by atoms with E-state index in [4.69, 9.17) is 5.73 Å². The maximum atomic E-state index is 5.40. The van der Waals surface area contributed by atoms with Gasteiger partial charge in [-0.3, -0.25) is 9.98 Å². The first-order chi connectivity index (χ1) is 5.11. The predicted molar refractivity (Wildman–Crippen MR) is 48.9 cm³/mol. The van der Waals surface area contributed by atoms with E-state index < -0.39 is 0 Å². The molecule has 11 heavy (non-hydrogen) atoms. The van der Waals surface area contributed by atoms with Gasteiger partial charge in [-0.1, -0.05) is 6.58 Å². The van der Waals surface area contributed by atoms with E-state index >= 15 is 0 Å². The molecule has 0 saturated heterocycles. The lowest BCUT2D eigenvalue weighted by Gasteiger charge is -2.06. The predicted octanol–water partition coefficient (Wildman–Crippen LogP) is 0.125. The third-order valence-corrected chi connectivity index (χ3v) is 1.12. The Kier molecular flexibility index (Phi) is 3.95. The third-order valence-electron chi connectivity index (χ3n) is 1.12. The minimum atomic E-state index is 0.341. The van der Waals surface area contributed by atoms with Crippen molar-refractivity contribution < 1.29 is 0 Å². The van der Waals surface area contributed by atoms with Gasteiger partial charge < -0.3 is 11.1 Å². The summed E-state index contributed by atoms with van der Waals surface area (Å²) in [5, 5.41) is 2.79. The summed E-state index contributed by atoms with van der Waals surface area (Å²) in [6.45, 7) is 5.56. The molecule has 0 aromatic heterocycles. The molecule has 4 nitrogen and oxygen atoms in total. The number of nitrogens with two attached hydrogens (primary N) is 1. The molecule has 0 fully saturated rings. The molecule has 0 aromatic carbocycles. The third kappa shape index (κ3) is 3.40. The molecule has 4 heteroatoms. The molecule has 0 aliphatic rings. The SMILES string of the molecule is C=C(C)C(=NC)NC(N)=NC. The van der Waals surface area contributed by atoms with Crippen LogP contribution >= 0.6 is 0 Å². The molecule has 0 amide bonds. The smallest absolute Gasteiger partial charge is 0.194 e. The highest BCUT2D eigenvalue weighted by atomic mass is 15.1. The van der Waals surface area contributed by atoms with Gasteiger partial charge in [0.1, 0.15) is 5.84 Å². The van der Waals surface area contributed by atoms with Gasteiger partial charge in [-0.15, -0.1) is 0 Å². The van der Waals surface area contributed by atoms with Crippen molar-refractivity contribution in [2.24, 2.45) is 15.7 Å². The fraction of sp³-hybridized carbons (Fsp3) is 0.429. The van der Waals surface area contributed by atoms with Crippen LogP contribution in [0.25, 0.3) is 0 Å². The largest absolute Gasteiger partial charge is 0.370 e. The molecule has 0 radical (unpaired) electrons. The Morgan fingerprint density at radius 2 is 1.91 bits per heavy atom. The van der Waals surface area contributed by atoms with E-state index in [1.807, 2.05) is 6.92 Å². The Morgan fingerprint density at radius 3 is 2.18 bits per heavy atom. The molecule has 0 aliphatic carbocycles. The Labute approximate surface area is 66.9 Å². The number of hydrogen-bond acceptors (Lipinski definition) is 2. The maximum absolute atomic E-state index is 5.40. The van der Waals surface area contributed by atoms with E-state index in [1.165, 1.54) is 0 Å². The van der Waals surface area contributed by atoms with E-state index in [1.54, 1.807) is 14.1 Å². The van der Waals surface area contributed by atoms with Gasteiger partial charge in [-0.25, -0.2) is 0 Å². The van der Waals surface area contributed by atoms with Crippen LogP contribution in [-0.2, 0) is 0 Å². The van der Waals surface area contributed by atoms with Gasteiger partial charge in [0, 0.05) is 14.1 Å². The Balaban J connectivity index is 4.23. The summed E-state index contributed by atoms with van der Waals surface area (Å²) in [5.41, 5.74) is 6.24. The first kappa shape index (κ1) is 9.68. The number of guanidine groups is 1. The molecule has 0 aromatic rings.